The van der Waals surface area contributed by atoms with E-state index >= 15 is 0 Å². The Labute approximate surface area is 122 Å². The minimum absolute atomic E-state index is 0.611. The molecule has 0 aliphatic carbocycles. The number of hydrogen-bond donors (Lipinski definition) is 1. The third kappa shape index (κ3) is 2.53. The molecular weight excluding hydrogens is 268 g/mol. The van der Waals surface area contributed by atoms with Crippen LogP contribution in [-0.2, 0) is 6.54 Å². The molecule has 20 heavy (non-hydrogen) atoms. The predicted octanol–water partition coefficient (Wildman–Crippen LogP) is 3.36. The van der Waals surface area contributed by atoms with E-state index in [0.717, 1.165) is 22.6 Å². The largest absolute Gasteiger partial charge is 0.337 e. The van der Waals surface area contributed by atoms with Crippen molar-refractivity contribution < 1.29 is 0 Å². The van der Waals surface area contributed by atoms with Crippen molar-refractivity contribution in [2.24, 2.45) is 0 Å². The van der Waals surface area contributed by atoms with Gasteiger partial charge in [0.15, 0.2) is 4.77 Å². The number of nitrogens with one attached hydrogen (secondary N) is 1. The molecule has 0 spiro atoms. The van der Waals surface area contributed by atoms with Crippen LogP contribution < -0.4 is 0 Å². The first kappa shape index (κ1) is 12.7. The van der Waals surface area contributed by atoms with Gasteiger partial charge < -0.3 is 9.55 Å². The molecule has 4 nitrogen and oxygen atoms in total. The first-order valence-corrected chi connectivity index (χ1v) is 6.76. The van der Waals surface area contributed by atoms with E-state index in [1.807, 2.05) is 35.9 Å². The zero-order chi connectivity index (χ0) is 13.9. The minimum Gasteiger partial charge on any atom is -0.337 e. The molecule has 2 heterocycles. The second-order valence-electron chi connectivity index (χ2n) is 4.58. The van der Waals surface area contributed by atoms with Crippen molar-refractivity contribution in [1.29, 1.82) is 0 Å². The molecule has 100 valence electrons. The molecule has 0 radical (unpaired) electrons. The van der Waals surface area contributed by atoms with E-state index in [2.05, 4.69) is 27.1 Å². The molecule has 0 saturated carbocycles. The number of H-pyrrole nitrogens is 1. The molecule has 0 amide bonds. The standard InChI is InChI=1S/C15H14N4S/c1-11-7-17-13(8-16-11)10-19-14(9-18-15(19)20)12-5-3-2-4-6-12/h2-9H,10H2,1H3,(H,18,20). The molecule has 0 atom stereocenters. The fourth-order valence-corrected chi connectivity index (χ4v) is 2.29. The highest BCUT2D eigenvalue weighted by atomic mass is 32.1. The van der Waals surface area contributed by atoms with Crippen LogP contribution in [0.4, 0.5) is 0 Å². The monoisotopic (exact) mass is 282 g/mol. The first-order valence-electron chi connectivity index (χ1n) is 6.35. The van der Waals surface area contributed by atoms with Gasteiger partial charge in [0.1, 0.15) is 0 Å². The number of hydrogen-bond acceptors (Lipinski definition) is 3. The molecule has 0 fully saturated rings. The van der Waals surface area contributed by atoms with Gasteiger partial charge in [0, 0.05) is 12.4 Å². The number of aryl methyl sites for hydroxylation is 1. The number of nitrogens with zero attached hydrogens (tertiary/aromatic N) is 3. The lowest BCUT2D eigenvalue weighted by Gasteiger charge is -2.08. The summed E-state index contributed by atoms with van der Waals surface area (Å²) >= 11 is 5.36. The van der Waals surface area contributed by atoms with E-state index < -0.39 is 0 Å². The van der Waals surface area contributed by atoms with Gasteiger partial charge in [0.2, 0.25) is 0 Å². The summed E-state index contributed by atoms with van der Waals surface area (Å²) in [6, 6.07) is 10.2. The van der Waals surface area contributed by atoms with Crippen molar-refractivity contribution in [3.8, 4) is 11.3 Å². The fourth-order valence-electron chi connectivity index (χ4n) is 2.06. The summed E-state index contributed by atoms with van der Waals surface area (Å²) in [6.45, 7) is 2.54. The fraction of sp³-hybridized carbons (Fsp3) is 0.133. The number of aromatic amines is 1. The average molecular weight is 282 g/mol. The summed E-state index contributed by atoms with van der Waals surface area (Å²) < 4.78 is 2.72. The lowest BCUT2D eigenvalue weighted by atomic mass is 10.2. The maximum atomic E-state index is 5.36. The van der Waals surface area contributed by atoms with E-state index in [0.29, 0.717) is 11.3 Å². The molecule has 3 rings (SSSR count). The number of rotatable bonds is 3. The predicted molar refractivity (Wildman–Crippen MR) is 80.9 cm³/mol. The van der Waals surface area contributed by atoms with Gasteiger partial charge in [-0.3, -0.25) is 9.97 Å². The summed E-state index contributed by atoms with van der Waals surface area (Å²) in [7, 11) is 0. The second kappa shape index (κ2) is 5.38. The van der Waals surface area contributed by atoms with E-state index in [1.54, 1.807) is 12.4 Å². The van der Waals surface area contributed by atoms with Gasteiger partial charge in [-0.1, -0.05) is 30.3 Å². The Bertz CT molecular complexity index is 757. The Balaban J connectivity index is 2.00. The van der Waals surface area contributed by atoms with Crippen molar-refractivity contribution in [3.63, 3.8) is 0 Å². The van der Waals surface area contributed by atoms with Crippen LogP contribution >= 0.6 is 12.2 Å². The molecular formula is C15H14N4S. The molecule has 1 N–H and O–H groups in total. The van der Waals surface area contributed by atoms with Gasteiger partial charge in [0.05, 0.1) is 29.8 Å². The smallest absolute Gasteiger partial charge is 0.177 e. The van der Waals surface area contributed by atoms with Gasteiger partial charge in [-0.15, -0.1) is 0 Å². The highest BCUT2D eigenvalue weighted by Gasteiger charge is 2.07. The van der Waals surface area contributed by atoms with E-state index in [1.165, 1.54) is 0 Å². The average Bonchev–Trinajstić information content (AvgIpc) is 2.84. The topological polar surface area (TPSA) is 46.5 Å². The van der Waals surface area contributed by atoms with Crippen LogP contribution in [-0.4, -0.2) is 19.5 Å². The maximum absolute atomic E-state index is 5.36. The molecule has 0 aliphatic rings. The lowest BCUT2D eigenvalue weighted by molar-refractivity contribution is 0.760. The van der Waals surface area contributed by atoms with E-state index in [4.69, 9.17) is 12.2 Å². The zero-order valence-electron chi connectivity index (χ0n) is 11.1. The molecule has 0 saturated heterocycles. The molecule has 1 aromatic carbocycles. The lowest BCUT2D eigenvalue weighted by Crippen LogP contribution is -2.04. The molecule has 2 aromatic heterocycles. The van der Waals surface area contributed by atoms with Crippen LogP contribution in [0.15, 0.2) is 48.9 Å². The third-order valence-corrected chi connectivity index (χ3v) is 3.43. The normalized spacial score (nSPS) is 10.7. The highest BCUT2D eigenvalue weighted by molar-refractivity contribution is 7.71. The van der Waals surface area contributed by atoms with Crippen LogP contribution in [0.2, 0.25) is 0 Å². The van der Waals surface area contributed by atoms with Crippen molar-refractivity contribution >= 4 is 12.2 Å². The van der Waals surface area contributed by atoms with Gasteiger partial charge in [-0.2, -0.15) is 0 Å². The summed E-state index contributed by atoms with van der Waals surface area (Å²) in [5.74, 6) is 0. The van der Waals surface area contributed by atoms with Gasteiger partial charge in [0.25, 0.3) is 0 Å². The van der Waals surface area contributed by atoms with Crippen molar-refractivity contribution in [3.05, 3.63) is 65.1 Å². The number of aromatic nitrogens is 4. The van der Waals surface area contributed by atoms with Crippen molar-refractivity contribution in [2.75, 3.05) is 0 Å². The zero-order valence-corrected chi connectivity index (χ0v) is 11.9. The minimum atomic E-state index is 0.611. The Morgan fingerprint density at radius 3 is 2.65 bits per heavy atom. The summed E-state index contributed by atoms with van der Waals surface area (Å²) in [6.07, 6.45) is 5.49. The molecule has 3 aromatic rings. The maximum Gasteiger partial charge on any atom is 0.177 e. The first-order chi connectivity index (χ1) is 9.74. The molecule has 0 unspecified atom stereocenters. The molecule has 0 aliphatic heterocycles. The van der Waals surface area contributed by atoms with Crippen molar-refractivity contribution in [2.45, 2.75) is 13.5 Å². The number of benzene rings is 1. The SMILES string of the molecule is Cc1cnc(Cn2c(-c3ccccc3)c[nH]c2=S)cn1. The van der Waals surface area contributed by atoms with Crippen LogP contribution in [0.3, 0.4) is 0 Å². The quantitative estimate of drug-likeness (QED) is 0.749. The van der Waals surface area contributed by atoms with Gasteiger partial charge in [-0.05, 0) is 24.7 Å². The second-order valence-corrected chi connectivity index (χ2v) is 4.97. The summed E-state index contributed by atoms with van der Waals surface area (Å²) in [5.41, 5.74) is 3.98. The Hall–Kier alpha value is -2.27. The van der Waals surface area contributed by atoms with Crippen LogP contribution in [0.25, 0.3) is 11.3 Å². The van der Waals surface area contributed by atoms with E-state index in [9.17, 15) is 0 Å². The van der Waals surface area contributed by atoms with Crippen molar-refractivity contribution in [1.82, 2.24) is 19.5 Å². The van der Waals surface area contributed by atoms with E-state index in [-0.39, 0.29) is 0 Å². The van der Waals surface area contributed by atoms with Crippen LogP contribution in [0.1, 0.15) is 11.4 Å². The highest BCUT2D eigenvalue weighted by Crippen LogP contribution is 2.19. The summed E-state index contributed by atoms with van der Waals surface area (Å²) in [5, 5.41) is 0. The van der Waals surface area contributed by atoms with Gasteiger partial charge >= 0.3 is 0 Å². The molecule has 0 bridgehead atoms. The Morgan fingerprint density at radius 1 is 1.15 bits per heavy atom. The number of imidazole rings is 1. The van der Waals surface area contributed by atoms with Gasteiger partial charge in [-0.25, -0.2) is 0 Å². The van der Waals surface area contributed by atoms with Crippen LogP contribution in [0, 0.1) is 11.7 Å². The van der Waals surface area contributed by atoms with Crippen LogP contribution in [0.5, 0.6) is 0 Å². The summed E-state index contributed by atoms with van der Waals surface area (Å²) in [4.78, 5) is 11.8. The molecule has 5 heteroatoms. The Morgan fingerprint density at radius 2 is 1.95 bits per heavy atom. The third-order valence-electron chi connectivity index (χ3n) is 3.09. The Kier molecular flexibility index (Phi) is 3.43.